The minimum absolute atomic E-state index is 0.0237. The molecule has 4 nitrogen and oxygen atoms in total. The molecule has 3 aromatic rings. The molecule has 0 saturated heterocycles. The molecule has 2 aliphatic rings. The highest BCUT2D eigenvalue weighted by molar-refractivity contribution is 5.99. The second kappa shape index (κ2) is 4.94. The highest BCUT2D eigenvalue weighted by atomic mass is 16.1. The number of fused-ring (bicyclic) bond motifs is 2. The third kappa shape index (κ3) is 2.28. The second-order valence-electron chi connectivity index (χ2n) is 7.94. The zero-order valence-corrected chi connectivity index (χ0v) is 14.5. The molecule has 0 unspecified atom stereocenters. The van der Waals surface area contributed by atoms with Gasteiger partial charge in [-0.3, -0.25) is 4.79 Å². The molecule has 4 heteroatoms. The normalized spacial score (nSPS) is 18.9. The van der Waals surface area contributed by atoms with E-state index in [9.17, 15) is 4.79 Å². The van der Waals surface area contributed by atoms with Crippen molar-refractivity contribution in [2.24, 2.45) is 0 Å². The zero-order chi connectivity index (χ0) is 17.2. The first kappa shape index (κ1) is 14.7. The molecule has 5 rings (SSSR count). The first-order valence-electron chi connectivity index (χ1n) is 8.94. The fraction of sp³-hybridized carbons (Fsp3) is 0.333. The Hall–Kier alpha value is -2.62. The third-order valence-corrected chi connectivity index (χ3v) is 5.55. The van der Waals surface area contributed by atoms with Gasteiger partial charge in [-0.25, -0.2) is 4.98 Å². The number of aromatic amines is 1. The van der Waals surface area contributed by atoms with Gasteiger partial charge < -0.3 is 10.3 Å². The quantitative estimate of drug-likeness (QED) is 0.742. The number of hydrogen-bond acceptors (Lipinski definition) is 2. The van der Waals surface area contributed by atoms with Crippen molar-refractivity contribution in [2.45, 2.75) is 38.0 Å². The minimum atomic E-state index is -0.0667. The van der Waals surface area contributed by atoms with Gasteiger partial charge in [-0.2, -0.15) is 0 Å². The largest absolute Gasteiger partial charge is 0.351 e. The summed E-state index contributed by atoms with van der Waals surface area (Å²) < 4.78 is 0. The Morgan fingerprint density at radius 1 is 1.12 bits per heavy atom. The maximum atomic E-state index is 12.2. The number of carbonyl (C=O) groups is 1. The van der Waals surface area contributed by atoms with E-state index in [-0.39, 0.29) is 11.3 Å². The van der Waals surface area contributed by atoms with Crippen LogP contribution in [-0.4, -0.2) is 22.4 Å². The Bertz CT molecular complexity index is 1010. The number of nitrogens with zero attached hydrogens (tertiary/aromatic N) is 1. The summed E-state index contributed by atoms with van der Waals surface area (Å²) in [5, 5.41) is 4.12. The van der Waals surface area contributed by atoms with Crippen molar-refractivity contribution in [3.8, 4) is 11.1 Å². The predicted molar refractivity (Wildman–Crippen MR) is 98.9 cm³/mol. The van der Waals surface area contributed by atoms with Crippen LogP contribution in [0.25, 0.3) is 22.2 Å². The number of rotatable bonds is 2. The van der Waals surface area contributed by atoms with E-state index in [1.165, 1.54) is 18.5 Å². The molecule has 0 atom stereocenters. The summed E-state index contributed by atoms with van der Waals surface area (Å²) in [7, 11) is 0. The molecule has 126 valence electrons. The fourth-order valence-corrected chi connectivity index (χ4v) is 3.83. The maximum Gasteiger partial charge on any atom is 0.251 e. The summed E-state index contributed by atoms with van der Waals surface area (Å²) in [5.74, 6) is 0.676. The van der Waals surface area contributed by atoms with Crippen LogP contribution in [0.5, 0.6) is 0 Å². The number of aromatic nitrogens is 2. The zero-order valence-electron chi connectivity index (χ0n) is 14.5. The average molecular weight is 331 g/mol. The molecule has 3 heterocycles. The van der Waals surface area contributed by atoms with Gasteiger partial charge in [0.1, 0.15) is 5.65 Å². The van der Waals surface area contributed by atoms with Gasteiger partial charge in [-0.15, -0.1) is 0 Å². The van der Waals surface area contributed by atoms with Crippen molar-refractivity contribution in [2.75, 3.05) is 6.54 Å². The number of nitrogens with one attached hydrogen (secondary N) is 2. The lowest BCUT2D eigenvalue weighted by molar-refractivity contribution is 0.0930. The van der Waals surface area contributed by atoms with Crippen LogP contribution in [0, 0.1) is 0 Å². The van der Waals surface area contributed by atoms with E-state index in [4.69, 9.17) is 4.98 Å². The molecule has 2 N–H and O–H groups in total. The molecule has 1 fully saturated rings. The molecule has 1 aliphatic carbocycles. The van der Waals surface area contributed by atoms with Gasteiger partial charge in [0.15, 0.2) is 0 Å². The van der Waals surface area contributed by atoms with Gasteiger partial charge in [-0.1, -0.05) is 19.9 Å². The van der Waals surface area contributed by atoms with Crippen LogP contribution in [0.3, 0.4) is 0 Å². The average Bonchev–Trinajstić information content (AvgIpc) is 3.38. The lowest BCUT2D eigenvalue weighted by Gasteiger charge is -2.32. The molecule has 2 aromatic heterocycles. The second-order valence-corrected chi connectivity index (χ2v) is 7.94. The number of amides is 1. The molecule has 0 radical (unpaired) electrons. The first-order chi connectivity index (χ1) is 12.0. The highest BCUT2D eigenvalue weighted by Gasteiger charge is 2.32. The van der Waals surface area contributed by atoms with Crippen molar-refractivity contribution in [1.82, 2.24) is 15.3 Å². The minimum Gasteiger partial charge on any atom is -0.351 e. The van der Waals surface area contributed by atoms with E-state index >= 15 is 0 Å². The van der Waals surface area contributed by atoms with E-state index < -0.39 is 0 Å². The van der Waals surface area contributed by atoms with E-state index in [1.54, 1.807) is 0 Å². The predicted octanol–water partition coefficient (Wildman–Crippen LogP) is 4.13. The Morgan fingerprint density at radius 2 is 1.96 bits per heavy atom. The summed E-state index contributed by atoms with van der Waals surface area (Å²) >= 11 is 0. The van der Waals surface area contributed by atoms with E-state index in [1.807, 2.05) is 18.3 Å². The molecule has 25 heavy (non-hydrogen) atoms. The molecule has 1 aromatic carbocycles. The summed E-state index contributed by atoms with van der Waals surface area (Å²) in [6.07, 6.45) is 4.55. The van der Waals surface area contributed by atoms with Gasteiger partial charge in [0, 0.05) is 46.3 Å². The number of hydrogen-bond donors (Lipinski definition) is 2. The summed E-state index contributed by atoms with van der Waals surface area (Å²) in [6.45, 7) is 5.02. The van der Waals surface area contributed by atoms with Gasteiger partial charge in [0.05, 0.1) is 0 Å². The summed E-state index contributed by atoms with van der Waals surface area (Å²) in [5.41, 5.74) is 6.27. The van der Waals surface area contributed by atoms with Crippen LogP contribution < -0.4 is 5.32 Å². The van der Waals surface area contributed by atoms with Gasteiger partial charge in [-0.05, 0) is 48.2 Å². The molecule has 1 amide bonds. The van der Waals surface area contributed by atoms with Crippen molar-refractivity contribution >= 4 is 16.9 Å². The standard InChI is InChI=1S/C21H21N3O/c1-21(2)11-23-20(25)15-6-5-13(9-17(15)21)16-10-22-19-14(16)7-8-18(24-19)12-3-4-12/h5-10,12H,3-4,11H2,1-2H3,(H,22,24)(H,23,25). The van der Waals surface area contributed by atoms with Gasteiger partial charge in [0.2, 0.25) is 0 Å². The number of H-pyrrole nitrogens is 1. The van der Waals surface area contributed by atoms with Crippen LogP contribution in [0.1, 0.15) is 54.2 Å². The van der Waals surface area contributed by atoms with Crippen LogP contribution >= 0.6 is 0 Å². The van der Waals surface area contributed by atoms with Gasteiger partial charge in [0.25, 0.3) is 5.91 Å². The van der Waals surface area contributed by atoms with Crippen molar-refractivity contribution in [3.05, 3.63) is 53.3 Å². The smallest absolute Gasteiger partial charge is 0.251 e. The Kier molecular flexibility index (Phi) is 2.91. The molecule has 0 spiro atoms. The topological polar surface area (TPSA) is 57.8 Å². The van der Waals surface area contributed by atoms with Gasteiger partial charge >= 0.3 is 0 Å². The van der Waals surface area contributed by atoms with E-state index in [2.05, 4.69) is 42.3 Å². The Balaban J connectivity index is 1.64. The molecule has 0 bridgehead atoms. The maximum absolute atomic E-state index is 12.2. The monoisotopic (exact) mass is 331 g/mol. The van der Waals surface area contributed by atoms with Crippen molar-refractivity contribution in [1.29, 1.82) is 0 Å². The van der Waals surface area contributed by atoms with Crippen LogP contribution in [0.4, 0.5) is 0 Å². The lowest BCUT2D eigenvalue weighted by Crippen LogP contribution is -2.43. The van der Waals surface area contributed by atoms with Crippen molar-refractivity contribution < 1.29 is 4.79 Å². The first-order valence-corrected chi connectivity index (χ1v) is 8.94. The van der Waals surface area contributed by atoms with Crippen LogP contribution in [0.2, 0.25) is 0 Å². The Labute approximate surface area is 146 Å². The fourth-order valence-electron chi connectivity index (χ4n) is 3.83. The SMILES string of the molecule is CC1(C)CNC(=O)c2ccc(-c3c[nH]c4nc(C5CC5)ccc34)cc21. The van der Waals surface area contributed by atoms with E-state index in [0.29, 0.717) is 12.5 Å². The third-order valence-electron chi connectivity index (χ3n) is 5.55. The highest BCUT2D eigenvalue weighted by Crippen LogP contribution is 2.40. The summed E-state index contributed by atoms with van der Waals surface area (Å²) in [6, 6.07) is 10.5. The van der Waals surface area contributed by atoms with E-state index in [0.717, 1.165) is 33.3 Å². The molecular weight excluding hydrogens is 310 g/mol. The Morgan fingerprint density at radius 3 is 2.76 bits per heavy atom. The van der Waals surface area contributed by atoms with Crippen LogP contribution in [-0.2, 0) is 5.41 Å². The van der Waals surface area contributed by atoms with Crippen molar-refractivity contribution in [3.63, 3.8) is 0 Å². The number of carbonyl (C=O) groups excluding carboxylic acids is 1. The van der Waals surface area contributed by atoms with Crippen LogP contribution in [0.15, 0.2) is 36.5 Å². The number of benzene rings is 1. The lowest BCUT2D eigenvalue weighted by atomic mass is 9.78. The molecule has 1 saturated carbocycles. The molecular formula is C21H21N3O. The number of pyridine rings is 1. The summed E-state index contributed by atoms with van der Waals surface area (Å²) in [4.78, 5) is 20.3. The molecule has 1 aliphatic heterocycles.